The van der Waals surface area contributed by atoms with Crippen molar-refractivity contribution in [3.63, 3.8) is 0 Å². The number of amides is 1. The molecule has 1 rings (SSSR count). The van der Waals surface area contributed by atoms with Crippen LogP contribution in [-0.4, -0.2) is 29.6 Å². The summed E-state index contributed by atoms with van der Waals surface area (Å²) in [5, 5.41) is 17.3. The van der Waals surface area contributed by atoms with Crippen LogP contribution >= 0.6 is 11.8 Å². The third-order valence-corrected chi connectivity index (χ3v) is 3.18. The van der Waals surface area contributed by atoms with Crippen LogP contribution in [0.5, 0.6) is 0 Å². The first-order chi connectivity index (χ1) is 8.74. The van der Waals surface area contributed by atoms with E-state index >= 15 is 0 Å². The number of nitriles is 2. The van der Waals surface area contributed by atoms with E-state index in [9.17, 15) is 4.79 Å². The van der Waals surface area contributed by atoms with Crippen molar-refractivity contribution < 1.29 is 4.79 Å². The van der Waals surface area contributed by atoms with Crippen LogP contribution in [0.3, 0.4) is 0 Å². The molecule has 0 spiro atoms. The van der Waals surface area contributed by atoms with Gasteiger partial charge >= 0.3 is 0 Å². The van der Waals surface area contributed by atoms with Gasteiger partial charge in [-0.1, -0.05) is 19.1 Å². The Morgan fingerprint density at radius 2 is 1.89 bits per heavy atom. The zero-order chi connectivity index (χ0) is 13.4. The third-order valence-electron chi connectivity index (χ3n) is 2.23. The molecule has 1 amide bonds. The van der Waals surface area contributed by atoms with Gasteiger partial charge in [-0.25, -0.2) is 0 Å². The number of carbonyl (C=O) groups is 1. The first-order valence-corrected chi connectivity index (χ1v) is 6.48. The fraction of sp³-hybridized carbons (Fsp3) is 0.308. The van der Waals surface area contributed by atoms with Gasteiger partial charge in [-0.05, 0) is 17.9 Å². The lowest BCUT2D eigenvalue weighted by molar-refractivity contribution is 0.0791. The van der Waals surface area contributed by atoms with Gasteiger partial charge in [0.15, 0.2) is 0 Å². The number of nitrogens with zero attached hydrogens (tertiary/aromatic N) is 3. The van der Waals surface area contributed by atoms with Gasteiger partial charge in [0.05, 0.1) is 17.7 Å². The summed E-state index contributed by atoms with van der Waals surface area (Å²) in [5.41, 5.74) is 0.551. The molecule has 0 aromatic heterocycles. The number of carbonyl (C=O) groups excluding carboxylic acids is 1. The van der Waals surface area contributed by atoms with Crippen LogP contribution in [-0.2, 0) is 0 Å². The van der Waals surface area contributed by atoms with Gasteiger partial charge < -0.3 is 4.90 Å². The molecule has 0 unspecified atom stereocenters. The lowest BCUT2D eigenvalue weighted by Crippen LogP contribution is -2.32. The lowest BCUT2D eigenvalue weighted by atomic mass is 10.2. The van der Waals surface area contributed by atoms with E-state index in [0.29, 0.717) is 5.56 Å². The van der Waals surface area contributed by atoms with Crippen molar-refractivity contribution in [1.29, 1.82) is 10.5 Å². The topological polar surface area (TPSA) is 67.9 Å². The number of benzene rings is 1. The van der Waals surface area contributed by atoms with Gasteiger partial charge in [-0.3, -0.25) is 4.79 Å². The van der Waals surface area contributed by atoms with Crippen LogP contribution in [0.25, 0.3) is 0 Å². The minimum atomic E-state index is -0.269. The SMILES string of the molecule is CCSc1ccccc1C(=O)N(CC#N)CC#N. The van der Waals surface area contributed by atoms with E-state index in [2.05, 4.69) is 0 Å². The van der Waals surface area contributed by atoms with Crippen molar-refractivity contribution in [2.75, 3.05) is 18.8 Å². The average molecular weight is 259 g/mol. The Balaban J connectivity index is 3.01. The van der Waals surface area contributed by atoms with Crippen LogP contribution in [0.1, 0.15) is 17.3 Å². The van der Waals surface area contributed by atoms with E-state index in [1.807, 2.05) is 31.2 Å². The Morgan fingerprint density at radius 1 is 1.28 bits per heavy atom. The molecule has 0 aliphatic rings. The van der Waals surface area contributed by atoms with E-state index in [0.717, 1.165) is 10.6 Å². The Hall–Kier alpha value is -1.98. The summed E-state index contributed by atoms with van der Waals surface area (Å²) in [4.78, 5) is 14.4. The van der Waals surface area contributed by atoms with Crippen LogP contribution in [0.15, 0.2) is 29.2 Å². The van der Waals surface area contributed by atoms with Gasteiger partial charge in [0.25, 0.3) is 5.91 Å². The zero-order valence-corrected chi connectivity index (χ0v) is 10.9. The quantitative estimate of drug-likeness (QED) is 0.601. The molecule has 0 bridgehead atoms. The average Bonchev–Trinajstić information content (AvgIpc) is 2.39. The highest BCUT2D eigenvalue weighted by atomic mass is 32.2. The summed E-state index contributed by atoms with van der Waals surface area (Å²) in [5.74, 6) is 0.593. The normalized spacial score (nSPS) is 9.28. The van der Waals surface area contributed by atoms with Crippen LogP contribution in [0.4, 0.5) is 0 Å². The summed E-state index contributed by atoms with van der Waals surface area (Å²) < 4.78 is 0. The second-order valence-electron chi connectivity index (χ2n) is 3.41. The van der Waals surface area contributed by atoms with E-state index in [-0.39, 0.29) is 19.0 Å². The third kappa shape index (κ3) is 3.51. The first-order valence-electron chi connectivity index (χ1n) is 5.49. The number of hydrogen-bond acceptors (Lipinski definition) is 4. The fourth-order valence-corrected chi connectivity index (χ4v) is 2.26. The van der Waals surface area contributed by atoms with Crippen LogP contribution in [0, 0.1) is 22.7 Å². The van der Waals surface area contributed by atoms with Crippen molar-refractivity contribution in [3.8, 4) is 12.1 Å². The summed E-state index contributed by atoms with van der Waals surface area (Å²) in [7, 11) is 0. The molecule has 18 heavy (non-hydrogen) atoms. The summed E-state index contributed by atoms with van der Waals surface area (Å²) in [6.45, 7) is 1.86. The fourth-order valence-electron chi connectivity index (χ4n) is 1.47. The number of hydrogen-bond donors (Lipinski definition) is 0. The van der Waals surface area contributed by atoms with Crippen molar-refractivity contribution in [2.24, 2.45) is 0 Å². The predicted molar refractivity (Wildman–Crippen MR) is 70.0 cm³/mol. The molecular formula is C13H13N3OS. The minimum absolute atomic E-state index is 0.0719. The highest BCUT2D eigenvalue weighted by Gasteiger charge is 2.17. The summed E-state index contributed by atoms with van der Waals surface area (Å²) >= 11 is 1.57. The molecule has 0 atom stereocenters. The molecule has 0 aliphatic carbocycles. The molecule has 0 fully saturated rings. The van der Waals surface area contributed by atoms with E-state index in [4.69, 9.17) is 10.5 Å². The zero-order valence-electron chi connectivity index (χ0n) is 10.1. The van der Waals surface area contributed by atoms with Crippen molar-refractivity contribution in [3.05, 3.63) is 29.8 Å². The summed E-state index contributed by atoms with van der Waals surface area (Å²) in [6.07, 6.45) is 0. The monoisotopic (exact) mass is 259 g/mol. The molecule has 0 radical (unpaired) electrons. The second kappa shape index (κ2) is 7.37. The molecule has 1 aromatic carbocycles. The Kier molecular flexibility index (Phi) is 5.76. The van der Waals surface area contributed by atoms with Crippen LogP contribution < -0.4 is 0 Å². The first kappa shape index (κ1) is 14.1. The maximum absolute atomic E-state index is 12.2. The Labute approximate surface area is 111 Å². The molecule has 4 nitrogen and oxygen atoms in total. The smallest absolute Gasteiger partial charge is 0.256 e. The van der Waals surface area contributed by atoms with E-state index in [1.54, 1.807) is 23.9 Å². The molecule has 0 saturated heterocycles. The maximum atomic E-state index is 12.2. The molecule has 0 N–H and O–H groups in total. The van der Waals surface area contributed by atoms with Crippen molar-refractivity contribution in [1.82, 2.24) is 4.90 Å². The van der Waals surface area contributed by atoms with Gasteiger partial charge in [-0.2, -0.15) is 10.5 Å². The van der Waals surface area contributed by atoms with Crippen LogP contribution in [0.2, 0.25) is 0 Å². The second-order valence-corrected chi connectivity index (χ2v) is 4.71. The molecule has 0 heterocycles. The van der Waals surface area contributed by atoms with Gasteiger partial charge in [0, 0.05) is 4.90 Å². The van der Waals surface area contributed by atoms with Gasteiger partial charge in [0.1, 0.15) is 13.1 Å². The molecule has 0 saturated carbocycles. The highest BCUT2D eigenvalue weighted by Crippen LogP contribution is 2.23. The van der Waals surface area contributed by atoms with Crippen molar-refractivity contribution >= 4 is 17.7 Å². The lowest BCUT2D eigenvalue weighted by Gasteiger charge is -2.17. The molecular weight excluding hydrogens is 246 g/mol. The standard InChI is InChI=1S/C13H13N3OS/c1-2-18-12-6-4-3-5-11(12)13(17)16(9-7-14)10-8-15/h3-6H,2,9-10H2,1H3. The van der Waals surface area contributed by atoms with Gasteiger partial charge in [0.2, 0.25) is 0 Å². The number of rotatable bonds is 5. The minimum Gasteiger partial charge on any atom is -0.312 e. The summed E-state index contributed by atoms with van der Waals surface area (Å²) in [6, 6.07) is 11.1. The van der Waals surface area contributed by atoms with Crippen molar-refractivity contribution in [2.45, 2.75) is 11.8 Å². The largest absolute Gasteiger partial charge is 0.312 e. The maximum Gasteiger partial charge on any atom is 0.256 e. The van der Waals surface area contributed by atoms with E-state index < -0.39 is 0 Å². The van der Waals surface area contributed by atoms with E-state index in [1.165, 1.54) is 4.90 Å². The Morgan fingerprint density at radius 3 is 2.44 bits per heavy atom. The molecule has 0 aliphatic heterocycles. The Bertz CT molecular complexity index is 486. The molecule has 1 aromatic rings. The highest BCUT2D eigenvalue weighted by molar-refractivity contribution is 7.99. The molecule has 92 valence electrons. The predicted octanol–water partition coefficient (Wildman–Crippen LogP) is 2.29. The van der Waals surface area contributed by atoms with Gasteiger partial charge in [-0.15, -0.1) is 11.8 Å². The number of thioether (sulfide) groups is 1. The molecule has 5 heteroatoms.